The molecule has 91 valence electrons. The molecule has 0 saturated heterocycles. The molecule has 0 aromatic rings. The summed E-state index contributed by atoms with van der Waals surface area (Å²) < 4.78 is 4.98. The molecule has 0 aliphatic carbocycles. The van der Waals surface area contributed by atoms with Gasteiger partial charge in [-0.25, -0.2) is 5.11 Å². The first-order valence-corrected chi connectivity index (χ1v) is 6.01. The highest BCUT2D eigenvalue weighted by Gasteiger charge is 2.05. The second kappa shape index (κ2) is 10.4. The molecule has 1 N–H and O–H groups in total. The summed E-state index contributed by atoms with van der Waals surface area (Å²) in [6.45, 7) is 4.97. The fraction of sp³-hybridized carbons (Fsp3) is 1.00. The third-order valence-electron chi connectivity index (χ3n) is 2.35. The summed E-state index contributed by atoms with van der Waals surface area (Å²) in [5.41, 5.74) is 0. The molecule has 0 bridgehead atoms. The number of hydrogen-bond donors (Lipinski definition) is 1. The molecule has 1 unspecified atom stereocenters. The third kappa shape index (κ3) is 11.8. The molecule has 3 heteroatoms. The highest BCUT2D eigenvalue weighted by molar-refractivity contribution is 4.55. The SMILES string of the molecule is CC(C)CCCCCC([O])COCCO. The van der Waals surface area contributed by atoms with Gasteiger partial charge >= 0.3 is 0 Å². The van der Waals surface area contributed by atoms with Gasteiger partial charge in [-0.1, -0.05) is 39.5 Å². The Balaban J connectivity index is 3.13. The first-order valence-electron chi connectivity index (χ1n) is 6.01. The predicted molar refractivity (Wildman–Crippen MR) is 60.3 cm³/mol. The number of rotatable bonds is 10. The molecular weight excluding hydrogens is 192 g/mol. The number of aliphatic hydroxyl groups excluding tert-OH is 1. The molecule has 0 heterocycles. The topological polar surface area (TPSA) is 49.4 Å². The fourth-order valence-electron chi connectivity index (χ4n) is 1.46. The first-order chi connectivity index (χ1) is 7.16. The molecular formula is C12H25O3. The summed E-state index contributed by atoms with van der Waals surface area (Å²) in [4.78, 5) is 0. The second-order valence-corrected chi connectivity index (χ2v) is 4.45. The minimum Gasteiger partial charge on any atom is -0.394 e. The Bertz CT molecular complexity index is 126. The summed E-state index contributed by atoms with van der Waals surface area (Å²) in [5.74, 6) is 0.765. The maximum absolute atomic E-state index is 11.3. The monoisotopic (exact) mass is 217 g/mol. The predicted octanol–water partition coefficient (Wildman–Crippen LogP) is 2.40. The zero-order chi connectivity index (χ0) is 11.5. The van der Waals surface area contributed by atoms with Crippen LogP contribution in [0.15, 0.2) is 0 Å². The maximum atomic E-state index is 11.3. The molecule has 0 saturated carbocycles. The second-order valence-electron chi connectivity index (χ2n) is 4.45. The Morgan fingerprint density at radius 2 is 1.80 bits per heavy atom. The van der Waals surface area contributed by atoms with Gasteiger partial charge in [-0.15, -0.1) is 0 Å². The molecule has 0 aromatic heterocycles. The smallest absolute Gasteiger partial charge is 0.116 e. The van der Waals surface area contributed by atoms with E-state index < -0.39 is 6.10 Å². The molecule has 15 heavy (non-hydrogen) atoms. The zero-order valence-electron chi connectivity index (χ0n) is 10.1. The molecule has 0 rings (SSSR count). The third-order valence-corrected chi connectivity index (χ3v) is 2.35. The van der Waals surface area contributed by atoms with E-state index in [4.69, 9.17) is 9.84 Å². The average Bonchev–Trinajstić information content (AvgIpc) is 2.17. The molecule has 0 amide bonds. The van der Waals surface area contributed by atoms with Crippen molar-refractivity contribution in [3.05, 3.63) is 0 Å². The Kier molecular flexibility index (Phi) is 10.3. The summed E-state index contributed by atoms with van der Waals surface area (Å²) in [6, 6.07) is 0. The number of aliphatic hydroxyl groups is 1. The van der Waals surface area contributed by atoms with Gasteiger partial charge in [-0.05, 0) is 12.3 Å². The minimum atomic E-state index is -0.615. The number of hydrogen-bond acceptors (Lipinski definition) is 2. The van der Waals surface area contributed by atoms with Crippen LogP contribution >= 0.6 is 0 Å². The largest absolute Gasteiger partial charge is 0.394 e. The van der Waals surface area contributed by atoms with Gasteiger partial charge in [0.05, 0.1) is 19.8 Å². The van der Waals surface area contributed by atoms with E-state index in [1.165, 1.54) is 12.8 Å². The quantitative estimate of drug-likeness (QED) is 0.571. The molecule has 0 aliphatic rings. The van der Waals surface area contributed by atoms with E-state index in [0.717, 1.165) is 18.8 Å². The summed E-state index contributed by atoms with van der Waals surface area (Å²) in [6.07, 6.45) is 4.71. The summed E-state index contributed by atoms with van der Waals surface area (Å²) in [7, 11) is 0. The molecule has 3 nitrogen and oxygen atoms in total. The Morgan fingerprint density at radius 1 is 1.13 bits per heavy atom. The van der Waals surface area contributed by atoms with Crippen LogP contribution in [-0.2, 0) is 9.84 Å². The normalized spacial score (nSPS) is 13.4. The van der Waals surface area contributed by atoms with Crippen LogP contribution < -0.4 is 0 Å². The summed E-state index contributed by atoms with van der Waals surface area (Å²) >= 11 is 0. The van der Waals surface area contributed by atoms with Crippen molar-refractivity contribution in [2.45, 2.75) is 52.1 Å². The van der Waals surface area contributed by atoms with Crippen molar-refractivity contribution in [3.8, 4) is 0 Å². The summed E-state index contributed by atoms with van der Waals surface area (Å²) in [5, 5.41) is 19.7. The van der Waals surface area contributed by atoms with Crippen molar-refractivity contribution in [2.75, 3.05) is 19.8 Å². The molecule has 1 radical (unpaired) electrons. The van der Waals surface area contributed by atoms with Gasteiger partial charge in [-0.2, -0.15) is 0 Å². The van der Waals surface area contributed by atoms with Crippen LogP contribution in [0, 0.1) is 5.92 Å². The Hall–Kier alpha value is -0.120. The lowest BCUT2D eigenvalue weighted by Crippen LogP contribution is -2.15. The maximum Gasteiger partial charge on any atom is 0.116 e. The zero-order valence-corrected chi connectivity index (χ0v) is 10.1. The molecule has 0 fully saturated rings. The molecule has 0 spiro atoms. The number of ether oxygens (including phenoxy) is 1. The van der Waals surface area contributed by atoms with E-state index in [1.807, 2.05) is 0 Å². The standard InChI is InChI=1S/C12H25O3/c1-11(2)6-4-3-5-7-12(14)10-15-9-8-13/h11-13H,3-10H2,1-2H3. The van der Waals surface area contributed by atoms with E-state index in [-0.39, 0.29) is 19.8 Å². The Morgan fingerprint density at radius 3 is 2.40 bits per heavy atom. The van der Waals surface area contributed by atoms with Crippen LogP contribution in [0.3, 0.4) is 0 Å². The van der Waals surface area contributed by atoms with Gasteiger partial charge in [0.1, 0.15) is 6.10 Å². The van der Waals surface area contributed by atoms with Gasteiger partial charge in [0.25, 0.3) is 0 Å². The van der Waals surface area contributed by atoms with Crippen LogP contribution in [-0.4, -0.2) is 31.0 Å². The highest BCUT2D eigenvalue weighted by atomic mass is 16.5. The van der Waals surface area contributed by atoms with Crippen molar-refractivity contribution < 1.29 is 14.9 Å². The van der Waals surface area contributed by atoms with Crippen LogP contribution in [0.4, 0.5) is 0 Å². The highest BCUT2D eigenvalue weighted by Crippen LogP contribution is 2.10. The van der Waals surface area contributed by atoms with Crippen LogP contribution in [0.5, 0.6) is 0 Å². The van der Waals surface area contributed by atoms with Crippen LogP contribution in [0.25, 0.3) is 0 Å². The van der Waals surface area contributed by atoms with Gasteiger partial charge < -0.3 is 9.84 Å². The van der Waals surface area contributed by atoms with Crippen molar-refractivity contribution in [2.24, 2.45) is 5.92 Å². The van der Waals surface area contributed by atoms with Gasteiger partial charge in [-0.3, -0.25) is 0 Å². The lowest BCUT2D eigenvalue weighted by molar-refractivity contribution is -0.0170. The van der Waals surface area contributed by atoms with E-state index in [0.29, 0.717) is 6.42 Å². The van der Waals surface area contributed by atoms with Crippen molar-refractivity contribution in [1.82, 2.24) is 0 Å². The molecule has 0 aromatic carbocycles. The van der Waals surface area contributed by atoms with Crippen LogP contribution in [0.1, 0.15) is 46.0 Å². The molecule has 1 atom stereocenters. The van der Waals surface area contributed by atoms with E-state index >= 15 is 0 Å². The van der Waals surface area contributed by atoms with E-state index in [2.05, 4.69) is 13.8 Å². The average molecular weight is 217 g/mol. The first kappa shape index (κ1) is 14.9. The van der Waals surface area contributed by atoms with Crippen molar-refractivity contribution in [3.63, 3.8) is 0 Å². The fourth-order valence-corrected chi connectivity index (χ4v) is 1.46. The van der Waals surface area contributed by atoms with Crippen molar-refractivity contribution >= 4 is 0 Å². The van der Waals surface area contributed by atoms with Gasteiger partial charge in [0.2, 0.25) is 0 Å². The minimum absolute atomic E-state index is 0.00110. The lowest BCUT2D eigenvalue weighted by atomic mass is 10.0. The van der Waals surface area contributed by atoms with Gasteiger partial charge in [0.15, 0.2) is 0 Å². The number of unbranched alkanes of at least 4 members (excludes halogenated alkanes) is 2. The Labute approximate surface area is 93.5 Å². The molecule has 0 aliphatic heterocycles. The van der Waals surface area contributed by atoms with E-state index in [9.17, 15) is 5.11 Å². The van der Waals surface area contributed by atoms with Gasteiger partial charge in [0, 0.05) is 0 Å². The van der Waals surface area contributed by atoms with Crippen molar-refractivity contribution in [1.29, 1.82) is 0 Å². The van der Waals surface area contributed by atoms with Crippen LogP contribution in [0.2, 0.25) is 0 Å². The lowest BCUT2D eigenvalue weighted by Gasteiger charge is -2.08. The van der Waals surface area contributed by atoms with E-state index in [1.54, 1.807) is 0 Å².